The Kier molecular flexibility index (Phi) is 6.16. The molecule has 1 aromatic heterocycles. The van der Waals surface area contributed by atoms with Crippen LogP contribution in [0, 0.1) is 0 Å². The number of hydrogen-bond donors (Lipinski definition) is 1. The molecule has 1 aromatic carbocycles. The first-order valence-corrected chi connectivity index (χ1v) is 8.43. The molecule has 0 radical (unpaired) electrons. The predicted octanol–water partition coefficient (Wildman–Crippen LogP) is 4.67. The van der Waals surface area contributed by atoms with Gasteiger partial charge in [0.2, 0.25) is 5.91 Å². The second-order valence-corrected chi connectivity index (χ2v) is 6.68. The molecule has 0 aliphatic carbocycles. The summed E-state index contributed by atoms with van der Waals surface area (Å²) in [7, 11) is 0. The summed E-state index contributed by atoms with van der Waals surface area (Å²) in [5, 5.41) is 3.63. The van der Waals surface area contributed by atoms with E-state index in [1.54, 1.807) is 12.4 Å². The Morgan fingerprint density at radius 2 is 1.83 bits per heavy atom. The van der Waals surface area contributed by atoms with E-state index >= 15 is 0 Å². The van der Waals surface area contributed by atoms with Gasteiger partial charge in [0.15, 0.2) is 0 Å². The van der Waals surface area contributed by atoms with Gasteiger partial charge in [0, 0.05) is 29.5 Å². The summed E-state index contributed by atoms with van der Waals surface area (Å²) in [5.74, 6) is -0.111. The first-order valence-electron chi connectivity index (χ1n) is 8.05. The molecule has 1 heterocycles. The third kappa shape index (κ3) is 4.68. The smallest absolute Gasteiger partial charge is 0.246 e. The molecule has 0 saturated heterocycles. The van der Waals surface area contributed by atoms with E-state index in [0.717, 1.165) is 17.5 Å². The van der Waals surface area contributed by atoms with Crippen LogP contribution in [-0.4, -0.2) is 10.9 Å². The maximum Gasteiger partial charge on any atom is 0.246 e. The van der Waals surface area contributed by atoms with E-state index in [1.165, 1.54) is 0 Å². The fraction of sp³-hybridized carbons (Fsp3) is 0.300. The van der Waals surface area contributed by atoms with Crippen LogP contribution in [0.3, 0.4) is 0 Å². The standard InChI is InChI=1S/C20H23ClN2O/c1-4-20(3,17-5-7-18(21)8-6-17)13-15(2)19(24)23-14-16-9-11-22-12-10-16/h5-12H,2,4,13-14H2,1,3H3,(H,23,24). The zero-order valence-corrected chi connectivity index (χ0v) is 14.9. The Morgan fingerprint density at radius 1 is 1.21 bits per heavy atom. The van der Waals surface area contributed by atoms with Crippen LogP contribution in [0.15, 0.2) is 60.9 Å². The van der Waals surface area contributed by atoms with Gasteiger partial charge in [-0.1, -0.05) is 44.2 Å². The van der Waals surface area contributed by atoms with E-state index in [9.17, 15) is 4.79 Å². The monoisotopic (exact) mass is 342 g/mol. The number of amides is 1. The highest BCUT2D eigenvalue weighted by atomic mass is 35.5. The molecule has 0 fully saturated rings. The van der Waals surface area contributed by atoms with Gasteiger partial charge in [0.05, 0.1) is 0 Å². The van der Waals surface area contributed by atoms with Crippen molar-refractivity contribution in [2.45, 2.75) is 38.6 Å². The van der Waals surface area contributed by atoms with E-state index in [0.29, 0.717) is 23.6 Å². The molecular weight excluding hydrogens is 320 g/mol. The van der Waals surface area contributed by atoms with Crippen molar-refractivity contribution in [1.29, 1.82) is 0 Å². The van der Waals surface area contributed by atoms with Crippen molar-refractivity contribution in [3.63, 3.8) is 0 Å². The van der Waals surface area contributed by atoms with E-state index in [2.05, 4.69) is 30.7 Å². The second kappa shape index (κ2) is 8.11. The number of carbonyl (C=O) groups is 1. The topological polar surface area (TPSA) is 42.0 Å². The molecule has 0 spiro atoms. The van der Waals surface area contributed by atoms with Gasteiger partial charge in [-0.2, -0.15) is 0 Å². The van der Waals surface area contributed by atoms with Crippen LogP contribution in [0.1, 0.15) is 37.8 Å². The molecule has 3 nitrogen and oxygen atoms in total. The first kappa shape index (κ1) is 18.2. The van der Waals surface area contributed by atoms with Crippen LogP contribution < -0.4 is 5.32 Å². The summed E-state index contributed by atoms with van der Waals surface area (Å²) < 4.78 is 0. The molecule has 24 heavy (non-hydrogen) atoms. The highest BCUT2D eigenvalue weighted by Gasteiger charge is 2.27. The number of pyridine rings is 1. The predicted molar refractivity (Wildman–Crippen MR) is 98.9 cm³/mol. The molecule has 2 aromatic rings. The minimum absolute atomic E-state index is 0.111. The van der Waals surface area contributed by atoms with Crippen molar-refractivity contribution >= 4 is 17.5 Å². The molecule has 126 valence electrons. The molecule has 0 aliphatic rings. The number of rotatable bonds is 7. The quantitative estimate of drug-likeness (QED) is 0.743. The Balaban J connectivity index is 2.00. The number of nitrogens with zero attached hydrogens (tertiary/aromatic N) is 1. The van der Waals surface area contributed by atoms with E-state index in [-0.39, 0.29) is 11.3 Å². The lowest BCUT2D eigenvalue weighted by Gasteiger charge is -2.29. The number of aromatic nitrogens is 1. The summed E-state index contributed by atoms with van der Waals surface area (Å²) in [4.78, 5) is 16.3. The molecule has 1 unspecified atom stereocenters. The van der Waals surface area contributed by atoms with Crippen molar-refractivity contribution in [2.75, 3.05) is 0 Å². The Labute approximate surface area is 148 Å². The van der Waals surface area contributed by atoms with Gasteiger partial charge >= 0.3 is 0 Å². The molecule has 0 saturated carbocycles. The summed E-state index contributed by atoms with van der Waals surface area (Å²) in [6.07, 6.45) is 4.94. The molecular formula is C20H23ClN2O. The molecule has 0 bridgehead atoms. The molecule has 4 heteroatoms. The van der Waals surface area contributed by atoms with Crippen molar-refractivity contribution in [3.8, 4) is 0 Å². The molecule has 1 N–H and O–H groups in total. The van der Waals surface area contributed by atoms with E-state index in [4.69, 9.17) is 11.6 Å². The zero-order chi connectivity index (χ0) is 17.6. The normalized spacial score (nSPS) is 13.1. The van der Waals surface area contributed by atoms with Crippen LogP contribution in [-0.2, 0) is 16.8 Å². The lowest BCUT2D eigenvalue weighted by molar-refractivity contribution is -0.117. The number of benzene rings is 1. The Morgan fingerprint density at radius 3 is 2.42 bits per heavy atom. The average molecular weight is 343 g/mol. The van der Waals surface area contributed by atoms with Crippen LogP contribution >= 0.6 is 11.6 Å². The lowest BCUT2D eigenvalue weighted by Crippen LogP contribution is -2.29. The fourth-order valence-corrected chi connectivity index (χ4v) is 2.77. The van der Waals surface area contributed by atoms with Gasteiger partial charge in [-0.15, -0.1) is 0 Å². The second-order valence-electron chi connectivity index (χ2n) is 6.24. The minimum Gasteiger partial charge on any atom is -0.348 e. The van der Waals surface area contributed by atoms with Crippen molar-refractivity contribution in [3.05, 3.63) is 77.1 Å². The summed E-state index contributed by atoms with van der Waals surface area (Å²) in [6.45, 7) is 8.74. The highest BCUT2D eigenvalue weighted by Crippen LogP contribution is 2.34. The number of hydrogen-bond acceptors (Lipinski definition) is 2. The molecule has 1 amide bonds. The molecule has 2 rings (SSSR count). The van der Waals surface area contributed by atoms with Crippen molar-refractivity contribution in [1.82, 2.24) is 10.3 Å². The summed E-state index contributed by atoms with van der Waals surface area (Å²) >= 11 is 5.97. The average Bonchev–Trinajstić information content (AvgIpc) is 2.60. The third-order valence-corrected chi connectivity index (χ3v) is 4.70. The largest absolute Gasteiger partial charge is 0.348 e. The molecule has 1 atom stereocenters. The highest BCUT2D eigenvalue weighted by molar-refractivity contribution is 6.30. The van der Waals surface area contributed by atoms with Gasteiger partial charge < -0.3 is 5.32 Å². The Hall–Kier alpha value is -2.13. The fourth-order valence-electron chi connectivity index (χ4n) is 2.64. The van der Waals surface area contributed by atoms with Crippen molar-refractivity contribution in [2.24, 2.45) is 0 Å². The van der Waals surface area contributed by atoms with Gasteiger partial charge in [-0.25, -0.2) is 0 Å². The third-order valence-electron chi connectivity index (χ3n) is 4.45. The van der Waals surface area contributed by atoms with Crippen LogP contribution in [0.2, 0.25) is 5.02 Å². The zero-order valence-electron chi connectivity index (χ0n) is 14.2. The first-order chi connectivity index (χ1) is 11.4. The van der Waals surface area contributed by atoms with Crippen molar-refractivity contribution < 1.29 is 4.79 Å². The Bertz CT molecular complexity index is 697. The number of nitrogens with one attached hydrogen (secondary N) is 1. The lowest BCUT2D eigenvalue weighted by atomic mass is 9.75. The van der Waals surface area contributed by atoms with Crippen LogP contribution in [0.5, 0.6) is 0 Å². The van der Waals surface area contributed by atoms with Gasteiger partial charge in [-0.05, 0) is 53.6 Å². The van der Waals surface area contributed by atoms with E-state index in [1.807, 2.05) is 36.4 Å². The number of carbonyl (C=O) groups excluding carboxylic acids is 1. The summed E-state index contributed by atoms with van der Waals surface area (Å²) in [6, 6.07) is 11.6. The van der Waals surface area contributed by atoms with Crippen LogP contribution in [0.25, 0.3) is 0 Å². The van der Waals surface area contributed by atoms with Crippen LogP contribution in [0.4, 0.5) is 0 Å². The van der Waals surface area contributed by atoms with Gasteiger partial charge in [-0.3, -0.25) is 9.78 Å². The molecule has 0 aliphatic heterocycles. The maximum absolute atomic E-state index is 12.3. The van der Waals surface area contributed by atoms with Gasteiger partial charge in [0.1, 0.15) is 0 Å². The number of halogens is 1. The SMILES string of the molecule is C=C(CC(C)(CC)c1ccc(Cl)cc1)C(=O)NCc1ccncc1. The minimum atomic E-state index is -0.143. The summed E-state index contributed by atoms with van der Waals surface area (Å²) in [5.41, 5.74) is 2.62. The van der Waals surface area contributed by atoms with Gasteiger partial charge in [0.25, 0.3) is 0 Å². The maximum atomic E-state index is 12.3. The van der Waals surface area contributed by atoms with E-state index < -0.39 is 0 Å².